The van der Waals surface area contributed by atoms with Gasteiger partial charge in [0.25, 0.3) is 0 Å². The van der Waals surface area contributed by atoms with Gasteiger partial charge in [-0.1, -0.05) is 5.92 Å². The average molecular weight is 303 g/mol. The molecular formula is C17H21NO4. The Labute approximate surface area is 131 Å². The molecule has 0 radical (unpaired) electrons. The van der Waals surface area contributed by atoms with E-state index in [9.17, 15) is 9.59 Å². The zero-order chi connectivity index (χ0) is 16.8. The third kappa shape index (κ3) is 5.13. The van der Waals surface area contributed by atoms with Gasteiger partial charge in [0.1, 0.15) is 5.60 Å². The molecule has 0 aliphatic carbocycles. The lowest BCUT2D eigenvalue weighted by molar-refractivity contribution is 0.0525. The number of anilines is 1. The van der Waals surface area contributed by atoms with E-state index in [1.807, 2.05) is 0 Å². The summed E-state index contributed by atoms with van der Waals surface area (Å²) >= 11 is 0. The second-order valence-electron chi connectivity index (χ2n) is 5.54. The molecule has 1 amide bonds. The molecule has 0 heterocycles. The number of esters is 1. The molecule has 1 rings (SSSR count). The fourth-order valence-electron chi connectivity index (χ4n) is 1.66. The molecule has 0 aromatic heterocycles. The molecule has 0 saturated heterocycles. The zero-order valence-electron chi connectivity index (χ0n) is 13.4. The van der Waals surface area contributed by atoms with E-state index in [0.717, 1.165) is 0 Å². The number of carbonyl (C=O) groups excluding carboxylic acids is 2. The summed E-state index contributed by atoms with van der Waals surface area (Å²) in [5, 5.41) is 0. The van der Waals surface area contributed by atoms with Crippen molar-refractivity contribution in [3.05, 3.63) is 29.8 Å². The van der Waals surface area contributed by atoms with E-state index in [1.54, 1.807) is 52.0 Å². The molecule has 0 fully saturated rings. The summed E-state index contributed by atoms with van der Waals surface area (Å²) in [6.07, 6.45) is 4.78. The maximum absolute atomic E-state index is 12.2. The van der Waals surface area contributed by atoms with E-state index < -0.39 is 17.7 Å². The number of ether oxygens (including phenoxy) is 2. The summed E-state index contributed by atoms with van der Waals surface area (Å²) in [6, 6.07) is 6.43. The van der Waals surface area contributed by atoms with Crippen molar-refractivity contribution >= 4 is 17.7 Å². The van der Waals surface area contributed by atoms with Crippen LogP contribution < -0.4 is 4.90 Å². The van der Waals surface area contributed by atoms with Gasteiger partial charge in [-0.25, -0.2) is 9.59 Å². The zero-order valence-corrected chi connectivity index (χ0v) is 13.4. The topological polar surface area (TPSA) is 55.8 Å². The van der Waals surface area contributed by atoms with Gasteiger partial charge in [-0.05, 0) is 52.0 Å². The maximum Gasteiger partial charge on any atom is 0.415 e. The van der Waals surface area contributed by atoms with Gasteiger partial charge < -0.3 is 9.47 Å². The molecule has 0 N–H and O–H groups in total. The lowest BCUT2D eigenvalue weighted by atomic mass is 10.2. The monoisotopic (exact) mass is 303 g/mol. The van der Waals surface area contributed by atoms with E-state index in [2.05, 4.69) is 5.92 Å². The number of nitrogens with zero attached hydrogens (tertiary/aromatic N) is 1. The molecule has 0 aliphatic heterocycles. The number of carbonyl (C=O) groups is 2. The first kappa shape index (κ1) is 17.6. The standard InChI is InChI=1S/C17H21NO4/c1-6-12-18(16(20)22-17(3,4)5)14-10-8-13(9-11-14)15(19)21-7-2/h1,8-11H,7,12H2,2-5H3. The minimum Gasteiger partial charge on any atom is -0.462 e. The summed E-state index contributed by atoms with van der Waals surface area (Å²) in [4.78, 5) is 25.1. The molecular weight excluding hydrogens is 282 g/mol. The molecule has 118 valence electrons. The van der Waals surface area contributed by atoms with Crippen molar-refractivity contribution in [3.8, 4) is 12.3 Å². The highest BCUT2D eigenvalue weighted by Crippen LogP contribution is 2.19. The Hall–Kier alpha value is -2.48. The van der Waals surface area contributed by atoms with Crippen LogP contribution in [0.1, 0.15) is 38.1 Å². The molecule has 1 aromatic carbocycles. The summed E-state index contributed by atoms with van der Waals surface area (Å²) in [7, 11) is 0. The SMILES string of the molecule is C#CCN(C(=O)OC(C)(C)C)c1ccc(C(=O)OCC)cc1. The first-order valence-electron chi connectivity index (χ1n) is 6.99. The smallest absolute Gasteiger partial charge is 0.415 e. The number of terminal acetylenes is 1. The summed E-state index contributed by atoms with van der Waals surface area (Å²) < 4.78 is 10.2. The highest BCUT2D eigenvalue weighted by molar-refractivity contribution is 5.92. The van der Waals surface area contributed by atoms with E-state index >= 15 is 0 Å². The van der Waals surface area contributed by atoms with Crippen LogP contribution in [-0.4, -0.2) is 30.8 Å². The maximum atomic E-state index is 12.2. The van der Waals surface area contributed by atoms with Crippen LogP contribution in [0.3, 0.4) is 0 Å². The van der Waals surface area contributed by atoms with Gasteiger partial charge in [0, 0.05) is 5.69 Å². The molecule has 0 unspecified atom stereocenters. The molecule has 0 saturated carbocycles. The molecule has 22 heavy (non-hydrogen) atoms. The Morgan fingerprint density at radius 2 is 1.82 bits per heavy atom. The third-order valence-corrected chi connectivity index (χ3v) is 2.55. The summed E-state index contributed by atoms with van der Waals surface area (Å²) in [6.45, 7) is 7.47. The molecule has 0 atom stereocenters. The van der Waals surface area contributed by atoms with E-state index in [1.165, 1.54) is 4.90 Å². The molecule has 1 aromatic rings. The fourth-order valence-corrected chi connectivity index (χ4v) is 1.66. The van der Waals surface area contributed by atoms with E-state index in [4.69, 9.17) is 15.9 Å². The average Bonchev–Trinajstić information content (AvgIpc) is 2.43. The van der Waals surface area contributed by atoms with E-state index in [0.29, 0.717) is 17.9 Å². The number of hydrogen-bond donors (Lipinski definition) is 0. The Balaban J connectivity index is 2.95. The largest absolute Gasteiger partial charge is 0.462 e. The van der Waals surface area contributed by atoms with Crippen LogP contribution in [0.15, 0.2) is 24.3 Å². The Morgan fingerprint density at radius 1 is 1.23 bits per heavy atom. The summed E-state index contributed by atoms with van der Waals surface area (Å²) in [5.41, 5.74) is 0.352. The number of rotatable bonds is 4. The first-order chi connectivity index (χ1) is 10.3. The van der Waals surface area contributed by atoms with Gasteiger partial charge in [0.05, 0.1) is 18.7 Å². The first-order valence-corrected chi connectivity index (χ1v) is 6.99. The van der Waals surface area contributed by atoms with Gasteiger partial charge in [0.15, 0.2) is 0 Å². The van der Waals surface area contributed by atoms with Crippen LogP contribution in [0, 0.1) is 12.3 Å². The molecule has 0 aliphatic rings. The second kappa shape index (κ2) is 7.51. The van der Waals surface area contributed by atoms with Crippen molar-refractivity contribution in [3.63, 3.8) is 0 Å². The fraction of sp³-hybridized carbons (Fsp3) is 0.412. The highest BCUT2D eigenvalue weighted by atomic mass is 16.6. The summed E-state index contributed by atoms with van der Waals surface area (Å²) in [5.74, 6) is 2.02. The van der Waals surface area contributed by atoms with Crippen LogP contribution >= 0.6 is 0 Å². The molecule has 0 bridgehead atoms. The van der Waals surface area contributed by atoms with Crippen molar-refractivity contribution < 1.29 is 19.1 Å². The molecule has 5 nitrogen and oxygen atoms in total. The number of benzene rings is 1. The van der Waals surface area contributed by atoms with Crippen LogP contribution in [0.25, 0.3) is 0 Å². The predicted molar refractivity (Wildman–Crippen MR) is 84.8 cm³/mol. The van der Waals surface area contributed by atoms with Crippen LogP contribution in [0.2, 0.25) is 0 Å². The van der Waals surface area contributed by atoms with Crippen molar-refractivity contribution in [1.29, 1.82) is 0 Å². The quantitative estimate of drug-likeness (QED) is 0.633. The van der Waals surface area contributed by atoms with E-state index in [-0.39, 0.29) is 6.54 Å². The van der Waals surface area contributed by atoms with Gasteiger partial charge in [0.2, 0.25) is 0 Å². The van der Waals surface area contributed by atoms with Crippen molar-refractivity contribution in [1.82, 2.24) is 0 Å². The number of amides is 1. The van der Waals surface area contributed by atoms with Gasteiger partial charge >= 0.3 is 12.1 Å². The van der Waals surface area contributed by atoms with Crippen LogP contribution in [-0.2, 0) is 9.47 Å². The third-order valence-electron chi connectivity index (χ3n) is 2.55. The van der Waals surface area contributed by atoms with Gasteiger partial charge in [-0.3, -0.25) is 4.90 Å². The van der Waals surface area contributed by atoms with Crippen molar-refractivity contribution in [2.24, 2.45) is 0 Å². The highest BCUT2D eigenvalue weighted by Gasteiger charge is 2.23. The van der Waals surface area contributed by atoms with Gasteiger partial charge in [-0.15, -0.1) is 6.42 Å². The Morgan fingerprint density at radius 3 is 2.27 bits per heavy atom. The van der Waals surface area contributed by atoms with Crippen molar-refractivity contribution in [2.75, 3.05) is 18.1 Å². The van der Waals surface area contributed by atoms with Crippen molar-refractivity contribution in [2.45, 2.75) is 33.3 Å². The normalized spacial score (nSPS) is 10.5. The van der Waals surface area contributed by atoms with Crippen LogP contribution in [0.5, 0.6) is 0 Å². The minimum atomic E-state index is -0.616. The predicted octanol–water partition coefficient (Wildman–Crippen LogP) is 3.24. The minimum absolute atomic E-state index is 0.0771. The molecule has 0 spiro atoms. The van der Waals surface area contributed by atoms with Gasteiger partial charge in [-0.2, -0.15) is 0 Å². The Bertz CT molecular complexity index is 564. The lowest BCUT2D eigenvalue weighted by Crippen LogP contribution is -2.37. The lowest BCUT2D eigenvalue weighted by Gasteiger charge is -2.26. The molecule has 5 heteroatoms. The second-order valence-corrected chi connectivity index (χ2v) is 5.54. The van der Waals surface area contributed by atoms with Crippen LogP contribution in [0.4, 0.5) is 10.5 Å². The number of hydrogen-bond acceptors (Lipinski definition) is 4. The Kier molecular flexibility index (Phi) is 6.00.